The van der Waals surface area contributed by atoms with Crippen molar-refractivity contribution in [3.8, 4) is 0 Å². The van der Waals surface area contributed by atoms with Crippen molar-refractivity contribution in [1.29, 1.82) is 0 Å². The highest BCUT2D eigenvalue weighted by Gasteiger charge is 2.09. The monoisotopic (exact) mass is 309 g/mol. The summed E-state index contributed by atoms with van der Waals surface area (Å²) in [7, 11) is 0. The molecule has 0 aliphatic carbocycles. The number of hydrogen-bond acceptors (Lipinski definition) is 2. The Hall–Kier alpha value is -1.13. The van der Waals surface area contributed by atoms with Crippen LogP contribution in [-0.2, 0) is 6.54 Å². The molecule has 0 spiro atoms. The third kappa shape index (κ3) is 3.17. The normalized spacial score (nSPS) is 10.2. The van der Waals surface area contributed by atoms with E-state index in [-0.39, 0.29) is 5.91 Å². The molecular formula is C13H12BrNOS. The minimum atomic E-state index is -0.0472. The van der Waals surface area contributed by atoms with Crippen LogP contribution in [0.5, 0.6) is 0 Å². The number of halogens is 1. The SMILES string of the molecule is Cc1ccc(Br)c(C(=O)NCc2cccs2)c1. The van der Waals surface area contributed by atoms with E-state index in [2.05, 4.69) is 21.2 Å². The van der Waals surface area contributed by atoms with E-state index in [1.54, 1.807) is 11.3 Å². The van der Waals surface area contributed by atoms with Gasteiger partial charge in [0.15, 0.2) is 0 Å². The first-order chi connectivity index (χ1) is 8.16. The first-order valence-electron chi connectivity index (χ1n) is 5.23. The van der Waals surface area contributed by atoms with Gasteiger partial charge >= 0.3 is 0 Å². The zero-order chi connectivity index (χ0) is 12.3. The highest BCUT2D eigenvalue weighted by atomic mass is 79.9. The van der Waals surface area contributed by atoms with E-state index in [9.17, 15) is 4.79 Å². The van der Waals surface area contributed by atoms with Crippen molar-refractivity contribution < 1.29 is 4.79 Å². The zero-order valence-corrected chi connectivity index (χ0v) is 11.8. The van der Waals surface area contributed by atoms with Crippen molar-refractivity contribution in [2.24, 2.45) is 0 Å². The molecule has 0 fully saturated rings. The van der Waals surface area contributed by atoms with E-state index in [1.165, 1.54) is 0 Å². The van der Waals surface area contributed by atoms with E-state index in [4.69, 9.17) is 0 Å². The van der Waals surface area contributed by atoms with Crippen LogP contribution in [-0.4, -0.2) is 5.91 Å². The quantitative estimate of drug-likeness (QED) is 0.919. The third-order valence-corrected chi connectivity index (χ3v) is 3.94. The lowest BCUT2D eigenvalue weighted by molar-refractivity contribution is 0.0950. The fraction of sp³-hybridized carbons (Fsp3) is 0.154. The Kier molecular flexibility index (Phi) is 3.97. The Morgan fingerprint density at radius 3 is 2.94 bits per heavy atom. The number of benzene rings is 1. The van der Waals surface area contributed by atoms with Crippen LogP contribution in [0, 0.1) is 6.92 Å². The molecule has 0 bridgehead atoms. The molecule has 1 aromatic carbocycles. The molecule has 17 heavy (non-hydrogen) atoms. The standard InChI is InChI=1S/C13H12BrNOS/c1-9-4-5-12(14)11(7-9)13(16)15-8-10-3-2-6-17-10/h2-7H,8H2,1H3,(H,15,16). The van der Waals surface area contributed by atoms with Crippen LogP contribution in [0.1, 0.15) is 20.8 Å². The van der Waals surface area contributed by atoms with Gasteiger partial charge in [0.05, 0.1) is 12.1 Å². The summed E-state index contributed by atoms with van der Waals surface area (Å²) < 4.78 is 0.826. The van der Waals surface area contributed by atoms with Crippen molar-refractivity contribution in [3.63, 3.8) is 0 Å². The largest absolute Gasteiger partial charge is 0.347 e. The highest BCUT2D eigenvalue weighted by Crippen LogP contribution is 2.18. The van der Waals surface area contributed by atoms with Gasteiger partial charge in [0.1, 0.15) is 0 Å². The molecule has 0 saturated carbocycles. The third-order valence-electron chi connectivity index (χ3n) is 2.37. The molecule has 0 saturated heterocycles. The van der Waals surface area contributed by atoms with Crippen molar-refractivity contribution in [2.75, 3.05) is 0 Å². The predicted octanol–water partition coefficient (Wildman–Crippen LogP) is 3.75. The molecule has 1 heterocycles. The van der Waals surface area contributed by atoms with Crippen LogP contribution in [0.4, 0.5) is 0 Å². The molecule has 0 aliphatic rings. The maximum Gasteiger partial charge on any atom is 0.252 e. The molecule has 0 unspecified atom stereocenters. The summed E-state index contributed by atoms with van der Waals surface area (Å²) in [6, 6.07) is 9.74. The lowest BCUT2D eigenvalue weighted by Gasteiger charge is -2.06. The summed E-state index contributed by atoms with van der Waals surface area (Å²) in [4.78, 5) is 13.1. The fourth-order valence-electron chi connectivity index (χ4n) is 1.49. The van der Waals surface area contributed by atoms with Gasteiger partial charge in [0, 0.05) is 9.35 Å². The van der Waals surface area contributed by atoms with Gasteiger partial charge in [-0.15, -0.1) is 11.3 Å². The number of aryl methyl sites for hydroxylation is 1. The van der Waals surface area contributed by atoms with E-state index in [0.717, 1.165) is 14.9 Å². The average Bonchev–Trinajstić information content (AvgIpc) is 2.82. The Morgan fingerprint density at radius 1 is 1.41 bits per heavy atom. The van der Waals surface area contributed by atoms with Crippen LogP contribution in [0.25, 0.3) is 0 Å². The van der Waals surface area contributed by atoms with E-state index < -0.39 is 0 Å². The van der Waals surface area contributed by atoms with Gasteiger partial charge in [-0.3, -0.25) is 4.79 Å². The van der Waals surface area contributed by atoms with Gasteiger partial charge in [-0.05, 0) is 46.4 Å². The maximum atomic E-state index is 12.0. The van der Waals surface area contributed by atoms with E-state index >= 15 is 0 Å². The van der Waals surface area contributed by atoms with Crippen molar-refractivity contribution in [1.82, 2.24) is 5.32 Å². The molecule has 2 aromatic rings. The number of hydrogen-bond donors (Lipinski definition) is 1. The van der Waals surface area contributed by atoms with Gasteiger partial charge in [-0.2, -0.15) is 0 Å². The number of carbonyl (C=O) groups is 1. The van der Waals surface area contributed by atoms with Gasteiger partial charge < -0.3 is 5.32 Å². The fourth-order valence-corrected chi connectivity index (χ4v) is 2.56. The number of amides is 1. The molecule has 2 rings (SSSR count). The lowest BCUT2D eigenvalue weighted by atomic mass is 10.1. The van der Waals surface area contributed by atoms with E-state index in [1.807, 2.05) is 42.6 Å². The zero-order valence-electron chi connectivity index (χ0n) is 9.37. The smallest absolute Gasteiger partial charge is 0.252 e. The second-order valence-electron chi connectivity index (χ2n) is 3.75. The lowest BCUT2D eigenvalue weighted by Crippen LogP contribution is -2.22. The first kappa shape index (κ1) is 12.3. The van der Waals surface area contributed by atoms with Gasteiger partial charge in [0.25, 0.3) is 5.91 Å². The Labute approximate surface area is 113 Å². The second-order valence-corrected chi connectivity index (χ2v) is 5.63. The molecule has 1 amide bonds. The molecule has 2 nitrogen and oxygen atoms in total. The minimum absolute atomic E-state index is 0.0472. The van der Waals surface area contributed by atoms with E-state index in [0.29, 0.717) is 12.1 Å². The molecule has 1 aromatic heterocycles. The molecule has 88 valence electrons. The van der Waals surface area contributed by atoms with Crippen molar-refractivity contribution >= 4 is 33.2 Å². The molecular weight excluding hydrogens is 298 g/mol. The number of rotatable bonds is 3. The maximum absolute atomic E-state index is 12.0. The summed E-state index contributed by atoms with van der Waals surface area (Å²) in [5.41, 5.74) is 1.76. The number of nitrogens with one attached hydrogen (secondary N) is 1. The second kappa shape index (κ2) is 5.47. The molecule has 0 radical (unpaired) electrons. The predicted molar refractivity (Wildman–Crippen MR) is 74.4 cm³/mol. The Balaban J connectivity index is 2.07. The highest BCUT2D eigenvalue weighted by molar-refractivity contribution is 9.10. The van der Waals surface area contributed by atoms with Gasteiger partial charge in [0.2, 0.25) is 0 Å². The van der Waals surface area contributed by atoms with Crippen LogP contribution in [0.2, 0.25) is 0 Å². The Bertz CT molecular complexity index is 522. The van der Waals surface area contributed by atoms with Crippen LogP contribution in [0.15, 0.2) is 40.2 Å². The summed E-state index contributed by atoms with van der Waals surface area (Å²) >= 11 is 5.03. The summed E-state index contributed by atoms with van der Waals surface area (Å²) in [5, 5.41) is 4.91. The van der Waals surface area contributed by atoms with Crippen molar-refractivity contribution in [2.45, 2.75) is 13.5 Å². The van der Waals surface area contributed by atoms with Gasteiger partial charge in [-0.25, -0.2) is 0 Å². The molecule has 0 aliphatic heterocycles. The summed E-state index contributed by atoms with van der Waals surface area (Å²) in [5.74, 6) is -0.0472. The molecule has 4 heteroatoms. The van der Waals surface area contributed by atoms with Crippen molar-refractivity contribution in [3.05, 3.63) is 56.2 Å². The summed E-state index contributed by atoms with van der Waals surface area (Å²) in [6.45, 7) is 2.55. The number of thiophene rings is 1. The molecule has 0 atom stereocenters. The minimum Gasteiger partial charge on any atom is -0.347 e. The summed E-state index contributed by atoms with van der Waals surface area (Å²) in [6.07, 6.45) is 0. The Morgan fingerprint density at radius 2 is 2.24 bits per heavy atom. The average molecular weight is 310 g/mol. The van der Waals surface area contributed by atoms with Crippen LogP contribution >= 0.6 is 27.3 Å². The number of carbonyl (C=O) groups excluding carboxylic acids is 1. The topological polar surface area (TPSA) is 29.1 Å². The van der Waals surface area contributed by atoms with Gasteiger partial charge in [-0.1, -0.05) is 17.7 Å². The van der Waals surface area contributed by atoms with Crippen LogP contribution in [0.3, 0.4) is 0 Å². The first-order valence-corrected chi connectivity index (χ1v) is 6.91. The van der Waals surface area contributed by atoms with Crippen LogP contribution < -0.4 is 5.32 Å². The molecule has 1 N–H and O–H groups in total.